The molecule has 20 heavy (non-hydrogen) atoms. The third kappa shape index (κ3) is 1.98. The topological polar surface area (TPSA) is 40.6 Å². The van der Waals surface area contributed by atoms with E-state index in [2.05, 4.69) is 0 Å². The molecule has 0 aliphatic carbocycles. The lowest BCUT2D eigenvalue weighted by Gasteiger charge is -2.16. The van der Waals surface area contributed by atoms with Crippen LogP contribution in [0.15, 0.2) is 36.4 Å². The molecule has 3 rings (SSSR count). The number of hydrogen-bond donors (Lipinski definition) is 0. The van der Waals surface area contributed by atoms with Crippen LogP contribution in [-0.2, 0) is 0 Å². The van der Waals surface area contributed by atoms with Crippen molar-refractivity contribution in [3.63, 3.8) is 0 Å². The minimum Gasteiger partial charge on any atom is -0.308 e. The summed E-state index contributed by atoms with van der Waals surface area (Å²) in [7, 11) is 3.85. The minimum absolute atomic E-state index is 0.183. The SMILES string of the molecule is CN(C)CCN1C(=O)c2cc3ccccc3cc2C1=O. The molecule has 1 aliphatic heterocycles. The molecule has 0 spiro atoms. The Morgan fingerprint density at radius 2 is 1.45 bits per heavy atom. The number of benzene rings is 2. The molecule has 4 nitrogen and oxygen atoms in total. The maximum absolute atomic E-state index is 12.3. The van der Waals surface area contributed by atoms with Gasteiger partial charge in [0.2, 0.25) is 0 Å². The minimum atomic E-state index is -0.183. The third-order valence-corrected chi connectivity index (χ3v) is 3.61. The molecule has 2 amide bonds. The summed E-state index contributed by atoms with van der Waals surface area (Å²) in [5.41, 5.74) is 1.04. The second-order valence-electron chi connectivity index (χ2n) is 5.31. The Morgan fingerprint density at radius 3 is 1.90 bits per heavy atom. The molecule has 0 saturated carbocycles. The van der Waals surface area contributed by atoms with E-state index in [1.807, 2.05) is 55.4 Å². The number of hydrogen-bond acceptors (Lipinski definition) is 3. The molecule has 1 heterocycles. The first kappa shape index (κ1) is 12.8. The van der Waals surface area contributed by atoms with E-state index < -0.39 is 0 Å². The van der Waals surface area contributed by atoms with Gasteiger partial charge in [-0.1, -0.05) is 24.3 Å². The van der Waals surface area contributed by atoms with Crippen LogP contribution >= 0.6 is 0 Å². The first-order valence-electron chi connectivity index (χ1n) is 6.61. The van der Waals surface area contributed by atoms with Crippen molar-refractivity contribution in [1.82, 2.24) is 9.80 Å². The van der Waals surface area contributed by atoms with Gasteiger partial charge in [-0.3, -0.25) is 14.5 Å². The molecule has 4 heteroatoms. The van der Waals surface area contributed by atoms with Crippen molar-refractivity contribution in [2.75, 3.05) is 27.2 Å². The lowest BCUT2D eigenvalue weighted by Crippen LogP contribution is -2.35. The third-order valence-electron chi connectivity index (χ3n) is 3.61. The van der Waals surface area contributed by atoms with Crippen LogP contribution in [0.4, 0.5) is 0 Å². The highest BCUT2D eigenvalue weighted by Gasteiger charge is 2.35. The number of carbonyl (C=O) groups excluding carboxylic acids is 2. The zero-order valence-electron chi connectivity index (χ0n) is 11.6. The number of imide groups is 1. The predicted octanol–water partition coefficient (Wildman–Crippen LogP) is 2.00. The van der Waals surface area contributed by atoms with Gasteiger partial charge >= 0.3 is 0 Å². The molecule has 102 valence electrons. The summed E-state index contributed by atoms with van der Waals surface area (Å²) in [4.78, 5) is 28.0. The maximum atomic E-state index is 12.3. The molecule has 0 N–H and O–H groups in total. The van der Waals surface area contributed by atoms with E-state index in [9.17, 15) is 9.59 Å². The van der Waals surface area contributed by atoms with Crippen LogP contribution in [-0.4, -0.2) is 48.8 Å². The van der Waals surface area contributed by atoms with Crippen molar-refractivity contribution < 1.29 is 9.59 Å². The molecule has 0 aromatic heterocycles. The standard InChI is InChI=1S/C16H16N2O2/c1-17(2)7-8-18-15(19)13-9-11-5-3-4-6-12(11)10-14(13)16(18)20/h3-6,9-10H,7-8H2,1-2H3. The number of nitrogens with zero attached hydrogens (tertiary/aromatic N) is 2. The number of likely N-dealkylation sites (N-methyl/N-ethyl adjacent to an activating group) is 1. The molecular formula is C16H16N2O2. The van der Waals surface area contributed by atoms with Crippen molar-refractivity contribution in [3.8, 4) is 0 Å². The highest BCUT2D eigenvalue weighted by Crippen LogP contribution is 2.27. The largest absolute Gasteiger partial charge is 0.308 e. The summed E-state index contributed by atoms with van der Waals surface area (Å²) in [6.45, 7) is 1.10. The van der Waals surface area contributed by atoms with Crippen molar-refractivity contribution >= 4 is 22.6 Å². The summed E-state index contributed by atoms with van der Waals surface area (Å²) >= 11 is 0. The first-order chi connectivity index (χ1) is 9.58. The Bertz CT molecular complexity index is 652. The molecule has 1 aliphatic rings. The van der Waals surface area contributed by atoms with E-state index >= 15 is 0 Å². The Balaban J connectivity index is 2.02. The summed E-state index contributed by atoms with van der Waals surface area (Å²) in [5, 5.41) is 1.98. The van der Waals surface area contributed by atoms with Crippen molar-refractivity contribution in [2.24, 2.45) is 0 Å². The fourth-order valence-electron chi connectivity index (χ4n) is 2.48. The smallest absolute Gasteiger partial charge is 0.261 e. The molecular weight excluding hydrogens is 252 g/mol. The molecule has 2 aromatic rings. The Kier molecular flexibility index (Phi) is 3.03. The molecule has 2 aromatic carbocycles. The Labute approximate surface area is 117 Å². The van der Waals surface area contributed by atoms with E-state index in [0.29, 0.717) is 24.2 Å². The van der Waals surface area contributed by atoms with E-state index in [0.717, 1.165) is 10.8 Å². The number of fused-ring (bicyclic) bond motifs is 2. The monoisotopic (exact) mass is 268 g/mol. The van der Waals surface area contributed by atoms with Gasteiger partial charge in [0.15, 0.2) is 0 Å². The second kappa shape index (κ2) is 4.72. The highest BCUT2D eigenvalue weighted by atomic mass is 16.2. The molecule has 0 radical (unpaired) electrons. The van der Waals surface area contributed by atoms with E-state index in [-0.39, 0.29) is 11.8 Å². The van der Waals surface area contributed by atoms with Crippen LogP contribution in [0.5, 0.6) is 0 Å². The first-order valence-corrected chi connectivity index (χ1v) is 6.61. The van der Waals surface area contributed by atoms with Gasteiger partial charge in [0.25, 0.3) is 11.8 Å². The van der Waals surface area contributed by atoms with Crippen LogP contribution < -0.4 is 0 Å². The normalized spacial score (nSPS) is 14.4. The average molecular weight is 268 g/mol. The van der Waals surface area contributed by atoms with Crippen LogP contribution in [0.2, 0.25) is 0 Å². The lowest BCUT2D eigenvalue weighted by molar-refractivity contribution is 0.0645. The molecule has 0 unspecified atom stereocenters. The van der Waals surface area contributed by atoms with Crippen molar-refractivity contribution in [1.29, 1.82) is 0 Å². The zero-order valence-corrected chi connectivity index (χ0v) is 11.6. The van der Waals surface area contributed by atoms with Crippen molar-refractivity contribution in [2.45, 2.75) is 0 Å². The summed E-state index contributed by atoms with van der Waals surface area (Å²) in [5.74, 6) is -0.366. The summed E-state index contributed by atoms with van der Waals surface area (Å²) in [6.07, 6.45) is 0. The van der Waals surface area contributed by atoms with Crippen molar-refractivity contribution in [3.05, 3.63) is 47.5 Å². The fourth-order valence-corrected chi connectivity index (χ4v) is 2.48. The second-order valence-corrected chi connectivity index (χ2v) is 5.31. The molecule has 0 saturated heterocycles. The van der Waals surface area contributed by atoms with Crippen LogP contribution in [0.25, 0.3) is 10.8 Å². The lowest BCUT2D eigenvalue weighted by atomic mass is 10.0. The van der Waals surface area contributed by atoms with E-state index in [4.69, 9.17) is 0 Å². The van der Waals surface area contributed by atoms with Crippen LogP contribution in [0.1, 0.15) is 20.7 Å². The maximum Gasteiger partial charge on any atom is 0.261 e. The Morgan fingerprint density at radius 1 is 0.950 bits per heavy atom. The van der Waals surface area contributed by atoms with Crippen LogP contribution in [0.3, 0.4) is 0 Å². The van der Waals surface area contributed by atoms with Gasteiger partial charge in [-0.15, -0.1) is 0 Å². The van der Waals surface area contributed by atoms with Gasteiger partial charge in [-0.05, 0) is 37.0 Å². The molecule has 0 bridgehead atoms. The van der Waals surface area contributed by atoms with Gasteiger partial charge in [-0.25, -0.2) is 0 Å². The van der Waals surface area contributed by atoms with Gasteiger partial charge in [0, 0.05) is 13.1 Å². The zero-order chi connectivity index (χ0) is 14.3. The summed E-state index contributed by atoms with van der Waals surface area (Å²) < 4.78 is 0. The quantitative estimate of drug-likeness (QED) is 0.799. The highest BCUT2D eigenvalue weighted by molar-refractivity contribution is 6.23. The van der Waals surface area contributed by atoms with Gasteiger partial charge < -0.3 is 4.90 Å². The number of rotatable bonds is 3. The van der Waals surface area contributed by atoms with E-state index in [1.54, 1.807) is 0 Å². The number of carbonyl (C=O) groups is 2. The van der Waals surface area contributed by atoms with E-state index in [1.165, 1.54) is 4.90 Å². The van der Waals surface area contributed by atoms with Gasteiger partial charge in [-0.2, -0.15) is 0 Å². The molecule has 0 fully saturated rings. The van der Waals surface area contributed by atoms with Gasteiger partial charge in [0.1, 0.15) is 0 Å². The Hall–Kier alpha value is -2.20. The van der Waals surface area contributed by atoms with Crippen LogP contribution in [0, 0.1) is 0 Å². The molecule has 0 atom stereocenters. The predicted molar refractivity (Wildman–Crippen MR) is 77.9 cm³/mol. The summed E-state index contributed by atoms with van der Waals surface area (Å²) in [6, 6.07) is 11.4. The van der Waals surface area contributed by atoms with Gasteiger partial charge in [0.05, 0.1) is 11.1 Å². The average Bonchev–Trinajstić information content (AvgIpc) is 2.66. The fraction of sp³-hybridized carbons (Fsp3) is 0.250. The number of amides is 2.